The van der Waals surface area contributed by atoms with E-state index in [-0.39, 0.29) is 12.0 Å². The van der Waals surface area contributed by atoms with Crippen LogP contribution in [0.25, 0.3) is 0 Å². The van der Waals surface area contributed by atoms with Crippen LogP contribution in [0.1, 0.15) is 37.3 Å². The van der Waals surface area contributed by atoms with Crippen LogP contribution < -0.4 is 10.1 Å². The molecule has 1 aliphatic carbocycles. The minimum atomic E-state index is -0.0543. The third-order valence-electron chi connectivity index (χ3n) is 4.57. The van der Waals surface area contributed by atoms with Crippen LogP contribution in [0.3, 0.4) is 0 Å². The van der Waals surface area contributed by atoms with Gasteiger partial charge in [-0.3, -0.25) is 4.79 Å². The summed E-state index contributed by atoms with van der Waals surface area (Å²) in [5.74, 6) is 1.19. The predicted octanol–water partition coefficient (Wildman–Crippen LogP) is 4.61. The molecule has 0 unspecified atom stereocenters. The first-order valence-electron chi connectivity index (χ1n) is 8.27. The van der Waals surface area contributed by atoms with Crippen molar-refractivity contribution >= 4 is 11.5 Å². The Kier molecular flexibility index (Phi) is 4.96. The number of nitrogens with one attached hydrogen (secondary N) is 1. The molecule has 0 bridgehead atoms. The summed E-state index contributed by atoms with van der Waals surface area (Å²) in [6, 6.07) is 18.0. The molecule has 1 fully saturated rings. The van der Waals surface area contributed by atoms with Crippen LogP contribution in [0.2, 0.25) is 0 Å². The lowest BCUT2D eigenvalue weighted by atomic mass is 9.79. The molecule has 1 N–H and O–H groups in total. The van der Waals surface area contributed by atoms with E-state index in [1.807, 2.05) is 48.5 Å². The zero-order chi connectivity index (χ0) is 16.1. The fraction of sp³-hybridized carbons (Fsp3) is 0.350. The van der Waals surface area contributed by atoms with Gasteiger partial charge in [0.05, 0.1) is 13.2 Å². The summed E-state index contributed by atoms with van der Waals surface area (Å²) < 4.78 is 5.54. The number of carbonyl (C=O) groups is 1. The highest BCUT2D eigenvalue weighted by Crippen LogP contribution is 2.38. The number of hydrogen-bond donors (Lipinski definition) is 1. The molecule has 1 aliphatic rings. The summed E-state index contributed by atoms with van der Waals surface area (Å²) in [6.45, 7) is 0. The zero-order valence-electron chi connectivity index (χ0n) is 13.5. The highest BCUT2D eigenvalue weighted by atomic mass is 16.5. The van der Waals surface area contributed by atoms with Crippen molar-refractivity contribution in [1.29, 1.82) is 0 Å². The molecule has 0 amide bonds. The molecular formula is C20H23NO2. The van der Waals surface area contributed by atoms with Gasteiger partial charge in [0.25, 0.3) is 0 Å². The van der Waals surface area contributed by atoms with Crippen LogP contribution in [0, 0.1) is 5.92 Å². The molecule has 3 heteroatoms. The molecule has 0 aromatic heterocycles. The van der Waals surface area contributed by atoms with E-state index >= 15 is 0 Å². The van der Waals surface area contributed by atoms with Crippen LogP contribution in [0.15, 0.2) is 54.6 Å². The fourth-order valence-corrected chi connectivity index (χ4v) is 3.39. The number of rotatable bonds is 5. The summed E-state index contributed by atoms with van der Waals surface area (Å²) in [5, 5.41) is 3.57. The van der Waals surface area contributed by atoms with Crippen LogP contribution in [-0.4, -0.2) is 12.9 Å². The monoisotopic (exact) mass is 309 g/mol. The summed E-state index contributed by atoms with van der Waals surface area (Å²) in [4.78, 5) is 12.5. The average Bonchev–Trinajstić information content (AvgIpc) is 2.61. The van der Waals surface area contributed by atoms with E-state index in [4.69, 9.17) is 4.74 Å². The lowest BCUT2D eigenvalue weighted by Gasteiger charge is -2.31. The highest BCUT2D eigenvalue weighted by Gasteiger charge is 2.32. The minimum Gasteiger partial charge on any atom is -0.496 e. The molecule has 0 radical (unpaired) electrons. The molecular weight excluding hydrogens is 286 g/mol. The van der Waals surface area contributed by atoms with Crippen LogP contribution in [-0.2, 0) is 4.79 Å². The Morgan fingerprint density at radius 3 is 2.52 bits per heavy atom. The van der Waals surface area contributed by atoms with E-state index in [0.717, 1.165) is 36.3 Å². The van der Waals surface area contributed by atoms with Gasteiger partial charge in [0.1, 0.15) is 11.5 Å². The third kappa shape index (κ3) is 3.55. The quantitative estimate of drug-likeness (QED) is 0.876. The maximum atomic E-state index is 12.5. The maximum absolute atomic E-state index is 12.5. The van der Waals surface area contributed by atoms with Crippen molar-refractivity contribution in [2.45, 2.75) is 31.7 Å². The molecule has 0 saturated heterocycles. The van der Waals surface area contributed by atoms with Crippen molar-refractivity contribution < 1.29 is 9.53 Å². The lowest BCUT2D eigenvalue weighted by molar-refractivity contribution is -0.125. The number of ketones is 1. The van der Waals surface area contributed by atoms with E-state index < -0.39 is 0 Å². The van der Waals surface area contributed by atoms with Gasteiger partial charge in [0.2, 0.25) is 0 Å². The van der Waals surface area contributed by atoms with Crippen LogP contribution in [0.5, 0.6) is 5.75 Å². The molecule has 0 aliphatic heterocycles. The Labute approximate surface area is 137 Å². The van der Waals surface area contributed by atoms with Crippen molar-refractivity contribution in [2.75, 3.05) is 12.4 Å². The molecule has 23 heavy (non-hydrogen) atoms. The largest absolute Gasteiger partial charge is 0.496 e. The molecule has 0 heterocycles. The molecule has 2 atom stereocenters. The summed E-state index contributed by atoms with van der Waals surface area (Å²) in [5.41, 5.74) is 2.08. The Bertz CT molecular complexity index is 654. The van der Waals surface area contributed by atoms with E-state index in [1.54, 1.807) is 7.11 Å². The fourth-order valence-electron chi connectivity index (χ4n) is 3.39. The maximum Gasteiger partial charge on any atom is 0.138 e. The van der Waals surface area contributed by atoms with Gasteiger partial charge in [0.15, 0.2) is 0 Å². The molecule has 0 spiro atoms. The topological polar surface area (TPSA) is 38.3 Å². The molecule has 3 rings (SSSR count). The predicted molar refractivity (Wildman–Crippen MR) is 92.8 cm³/mol. The Balaban J connectivity index is 1.97. The summed E-state index contributed by atoms with van der Waals surface area (Å²) in [6.07, 6.45) is 3.74. The summed E-state index contributed by atoms with van der Waals surface area (Å²) >= 11 is 0. The molecule has 120 valence electrons. The Hall–Kier alpha value is -2.29. The highest BCUT2D eigenvalue weighted by molar-refractivity contribution is 5.83. The van der Waals surface area contributed by atoms with Crippen LogP contribution >= 0.6 is 0 Å². The number of ether oxygens (including phenoxy) is 1. The van der Waals surface area contributed by atoms with Gasteiger partial charge in [0, 0.05) is 23.6 Å². The number of methoxy groups -OCH3 is 1. The van der Waals surface area contributed by atoms with Crippen molar-refractivity contribution in [1.82, 2.24) is 0 Å². The third-order valence-corrected chi connectivity index (χ3v) is 4.57. The van der Waals surface area contributed by atoms with Gasteiger partial charge in [-0.1, -0.05) is 42.8 Å². The van der Waals surface area contributed by atoms with Gasteiger partial charge in [-0.25, -0.2) is 0 Å². The van der Waals surface area contributed by atoms with Gasteiger partial charge < -0.3 is 10.1 Å². The van der Waals surface area contributed by atoms with Gasteiger partial charge in [-0.15, -0.1) is 0 Å². The standard InChI is InChI=1S/C20H23NO2/c1-23-19-14-8-6-12-17(19)20(16-11-5-7-13-18(16)22)21-15-9-3-2-4-10-15/h2-4,6,8-10,12,14,16,20-21H,5,7,11,13H2,1H3/t16-,20-/m0/s1. The SMILES string of the molecule is COc1ccccc1[C@@H](Nc1ccccc1)[C@H]1CCCCC1=O. The number of carbonyl (C=O) groups excluding carboxylic acids is 1. The zero-order valence-corrected chi connectivity index (χ0v) is 13.5. The molecule has 1 saturated carbocycles. The lowest BCUT2D eigenvalue weighted by Crippen LogP contribution is -2.30. The normalized spacial score (nSPS) is 19.2. The second-order valence-electron chi connectivity index (χ2n) is 6.05. The first-order valence-corrected chi connectivity index (χ1v) is 8.27. The first-order chi connectivity index (χ1) is 11.3. The number of para-hydroxylation sites is 2. The van der Waals surface area contributed by atoms with Crippen molar-refractivity contribution in [3.05, 3.63) is 60.2 Å². The van der Waals surface area contributed by atoms with E-state index in [1.165, 1.54) is 0 Å². The van der Waals surface area contributed by atoms with Gasteiger partial charge in [-0.2, -0.15) is 0 Å². The van der Waals surface area contributed by atoms with E-state index in [2.05, 4.69) is 11.4 Å². The molecule has 2 aromatic carbocycles. The minimum absolute atomic E-state index is 0.000237. The molecule has 3 nitrogen and oxygen atoms in total. The van der Waals surface area contributed by atoms with Crippen LogP contribution in [0.4, 0.5) is 5.69 Å². The van der Waals surface area contributed by atoms with Gasteiger partial charge in [-0.05, 0) is 31.0 Å². The van der Waals surface area contributed by atoms with E-state index in [9.17, 15) is 4.79 Å². The number of Topliss-reactive ketones (excluding diaryl/α,β-unsaturated/α-hetero) is 1. The number of anilines is 1. The van der Waals surface area contributed by atoms with Crippen molar-refractivity contribution in [2.24, 2.45) is 5.92 Å². The first kappa shape index (κ1) is 15.6. The smallest absolute Gasteiger partial charge is 0.138 e. The van der Waals surface area contributed by atoms with Crippen molar-refractivity contribution in [3.63, 3.8) is 0 Å². The Morgan fingerprint density at radius 1 is 1.04 bits per heavy atom. The van der Waals surface area contributed by atoms with Gasteiger partial charge >= 0.3 is 0 Å². The number of benzene rings is 2. The second-order valence-corrected chi connectivity index (χ2v) is 6.05. The van der Waals surface area contributed by atoms with Crippen molar-refractivity contribution in [3.8, 4) is 5.75 Å². The second kappa shape index (κ2) is 7.32. The average molecular weight is 309 g/mol. The summed E-state index contributed by atoms with van der Waals surface area (Å²) in [7, 11) is 1.68. The Morgan fingerprint density at radius 2 is 1.78 bits per heavy atom. The number of hydrogen-bond acceptors (Lipinski definition) is 3. The molecule has 2 aromatic rings. The van der Waals surface area contributed by atoms with E-state index in [0.29, 0.717) is 12.2 Å².